The monoisotopic (exact) mass is 277 g/mol. The number of nitrogens with zero attached hydrogens (tertiary/aromatic N) is 2. The molecule has 3 nitrogen and oxygen atoms in total. The van der Waals surface area contributed by atoms with Gasteiger partial charge in [-0.25, -0.2) is 4.39 Å². The Hall–Kier alpha value is -1.58. The van der Waals surface area contributed by atoms with E-state index in [0.717, 1.165) is 18.7 Å². The van der Waals surface area contributed by atoms with Crippen LogP contribution >= 0.6 is 0 Å². The Bertz CT molecular complexity index is 442. The van der Waals surface area contributed by atoms with Crippen molar-refractivity contribution in [3.05, 3.63) is 30.1 Å². The number of rotatable bonds is 7. The van der Waals surface area contributed by atoms with E-state index in [9.17, 15) is 4.39 Å². The van der Waals surface area contributed by atoms with Crippen molar-refractivity contribution in [3.8, 4) is 0 Å². The Kier molecular flexibility index (Phi) is 5.39. The van der Waals surface area contributed by atoms with Gasteiger partial charge in [0.25, 0.3) is 0 Å². The van der Waals surface area contributed by atoms with Gasteiger partial charge in [0.05, 0.1) is 12.6 Å². The minimum absolute atomic E-state index is 0.223. The normalized spacial score (nSPS) is 18.4. The highest BCUT2D eigenvalue weighted by Gasteiger charge is 2.26. The Morgan fingerprint density at radius 2 is 1.90 bits per heavy atom. The second-order valence-corrected chi connectivity index (χ2v) is 5.40. The average molecular weight is 277 g/mol. The van der Waals surface area contributed by atoms with Crippen LogP contribution < -0.4 is 10.6 Å². The molecule has 2 rings (SSSR count). The molecule has 0 fully saturated rings. The minimum Gasteiger partial charge on any atom is -0.370 e. The van der Waals surface area contributed by atoms with Gasteiger partial charge in [-0.2, -0.15) is 0 Å². The predicted octanol–water partition coefficient (Wildman–Crippen LogP) is 3.69. The number of hydrogen-bond acceptors (Lipinski definition) is 3. The number of halogens is 1. The van der Waals surface area contributed by atoms with E-state index in [1.54, 1.807) is 12.1 Å². The predicted molar refractivity (Wildman–Crippen MR) is 82.5 cm³/mol. The number of hydrogen-bond donors (Lipinski definition) is 1. The highest BCUT2D eigenvalue weighted by atomic mass is 19.1. The zero-order valence-corrected chi connectivity index (χ0v) is 12.2. The molecular weight excluding hydrogens is 253 g/mol. The second kappa shape index (κ2) is 7.27. The molecule has 0 radical (unpaired) electrons. The van der Waals surface area contributed by atoms with Gasteiger partial charge in [-0.05, 0) is 30.7 Å². The van der Waals surface area contributed by atoms with Crippen molar-refractivity contribution < 1.29 is 4.39 Å². The first-order chi connectivity index (χ1) is 9.72. The van der Waals surface area contributed by atoms with Crippen LogP contribution in [0.25, 0.3) is 0 Å². The SMILES string of the molecule is CCCCCCCC1CN=C(N)N1c1ccc(F)cc1. The van der Waals surface area contributed by atoms with Gasteiger partial charge in [0.15, 0.2) is 5.96 Å². The maximum atomic E-state index is 13.0. The van der Waals surface area contributed by atoms with Crippen LogP contribution in [-0.2, 0) is 0 Å². The summed E-state index contributed by atoms with van der Waals surface area (Å²) in [6, 6.07) is 6.81. The van der Waals surface area contributed by atoms with Gasteiger partial charge < -0.3 is 10.6 Å². The summed E-state index contributed by atoms with van der Waals surface area (Å²) in [5, 5.41) is 0. The van der Waals surface area contributed by atoms with Crippen LogP contribution in [-0.4, -0.2) is 18.5 Å². The van der Waals surface area contributed by atoms with Gasteiger partial charge in [-0.15, -0.1) is 0 Å². The highest BCUT2D eigenvalue weighted by molar-refractivity contribution is 5.97. The fraction of sp³-hybridized carbons (Fsp3) is 0.562. The zero-order valence-electron chi connectivity index (χ0n) is 12.2. The molecule has 0 saturated heterocycles. The summed E-state index contributed by atoms with van der Waals surface area (Å²) in [7, 11) is 0. The van der Waals surface area contributed by atoms with Crippen LogP contribution in [0.3, 0.4) is 0 Å². The number of unbranched alkanes of at least 4 members (excludes halogenated alkanes) is 4. The van der Waals surface area contributed by atoms with Crippen molar-refractivity contribution in [2.45, 2.75) is 51.5 Å². The highest BCUT2D eigenvalue weighted by Crippen LogP contribution is 2.24. The number of nitrogens with two attached hydrogens (primary N) is 1. The molecule has 1 unspecified atom stereocenters. The third kappa shape index (κ3) is 3.71. The lowest BCUT2D eigenvalue weighted by molar-refractivity contribution is 0.555. The molecule has 1 atom stereocenters. The Morgan fingerprint density at radius 3 is 2.60 bits per heavy atom. The molecule has 4 heteroatoms. The van der Waals surface area contributed by atoms with Crippen LogP contribution in [0.4, 0.5) is 10.1 Å². The van der Waals surface area contributed by atoms with Crippen molar-refractivity contribution >= 4 is 11.6 Å². The molecule has 0 saturated carbocycles. The second-order valence-electron chi connectivity index (χ2n) is 5.40. The van der Waals surface area contributed by atoms with Gasteiger partial charge >= 0.3 is 0 Å². The van der Waals surface area contributed by atoms with Crippen LogP contribution in [0.1, 0.15) is 45.4 Å². The van der Waals surface area contributed by atoms with Gasteiger partial charge in [0, 0.05) is 5.69 Å². The minimum atomic E-state index is -0.223. The standard InChI is InChI=1S/C16H24FN3/c1-2-3-4-5-6-7-15-12-19-16(18)20(15)14-10-8-13(17)9-11-14/h8-11,15H,2-7,12H2,1H3,(H2,18,19). The fourth-order valence-corrected chi connectivity index (χ4v) is 2.69. The Morgan fingerprint density at radius 1 is 1.20 bits per heavy atom. The molecule has 0 aromatic heterocycles. The third-order valence-electron chi connectivity index (χ3n) is 3.82. The molecule has 1 aromatic rings. The van der Waals surface area contributed by atoms with Gasteiger partial charge in [-0.3, -0.25) is 4.99 Å². The van der Waals surface area contributed by atoms with Crippen LogP contribution in [0.5, 0.6) is 0 Å². The van der Waals surface area contributed by atoms with E-state index in [4.69, 9.17) is 5.73 Å². The average Bonchev–Trinajstić information content (AvgIpc) is 2.81. The lowest BCUT2D eigenvalue weighted by atomic mass is 10.1. The molecule has 0 amide bonds. The summed E-state index contributed by atoms with van der Waals surface area (Å²) in [5.41, 5.74) is 6.91. The molecule has 1 aromatic carbocycles. The molecule has 1 heterocycles. The molecule has 20 heavy (non-hydrogen) atoms. The topological polar surface area (TPSA) is 41.6 Å². The lowest BCUT2D eigenvalue weighted by Gasteiger charge is -2.26. The van der Waals surface area contributed by atoms with Crippen molar-refractivity contribution in [2.24, 2.45) is 10.7 Å². The van der Waals surface area contributed by atoms with Crippen molar-refractivity contribution in [2.75, 3.05) is 11.4 Å². The van der Waals surface area contributed by atoms with Gasteiger partial charge in [-0.1, -0.05) is 39.0 Å². The van der Waals surface area contributed by atoms with Crippen LogP contribution in [0, 0.1) is 5.82 Å². The summed E-state index contributed by atoms with van der Waals surface area (Å²) in [5.74, 6) is 0.328. The van der Waals surface area contributed by atoms with Gasteiger partial charge in [0.2, 0.25) is 0 Å². The Balaban J connectivity index is 1.91. The van der Waals surface area contributed by atoms with Crippen molar-refractivity contribution in [1.29, 1.82) is 0 Å². The smallest absolute Gasteiger partial charge is 0.196 e. The largest absolute Gasteiger partial charge is 0.370 e. The fourth-order valence-electron chi connectivity index (χ4n) is 2.69. The van der Waals surface area contributed by atoms with E-state index in [0.29, 0.717) is 12.0 Å². The van der Waals surface area contributed by atoms with E-state index >= 15 is 0 Å². The third-order valence-corrected chi connectivity index (χ3v) is 3.82. The van der Waals surface area contributed by atoms with Crippen LogP contribution in [0.15, 0.2) is 29.3 Å². The summed E-state index contributed by atoms with van der Waals surface area (Å²) < 4.78 is 13.0. The van der Waals surface area contributed by atoms with E-state index in [-0.39, 0.29) is 5.82 Å². The molecule has 110 valence electrons. The first-order valence-corrected chi connectivity index (χ1v) is 7.57. The number of aliphatic imine (C=N–C) groups is 1. The maximum Gasteiger partial charge on any atom is 0.196 e. The van der Waals surface area contributed by atoms with Crippen molar-refractivity contribution in [3.63, 3.8) is 0 Å². The summed E-state index contributed by atoms with van der Waals surface area (Å²) in [6.45, 7) is 2.97. The molecule has 2 N–H and O–H groups in total. The summed E-state index contributed by atoms with van der Waals surface area (Å²) in [6.07, 6.45) is 7.43. The summed E-state index contributed by atoms with van der Waals surface area (Å²) in [4.78, 5) is 6.38. The maximum absolute atomic E-state index is 13.0. The number of guanidine groups is 1. The van der Waals surface area contributed by atoms with Crippen molar-refractivity contribution in [1.82, 2.24) is 0 Å². The molecule has 0 bridgehead atoms. The number of benzene rings is 1. The molecule has 1 aliphatic rings. The lowest BCUT2D eigenvalue weighted by Crippen LogP contribution is -2.40. The van der Waals surface area contributed by atoms with E-state index in [1.807, 2.05) is 4.90 Å². The van der Waals surface area contributed by atoms with E-state index < -0.39 is 0 Å². The Labute approximate surface area is 120 Å². The molecule has 0 spiro atoms. The first kappa shape index (κ1) is 14.8. The van der Waals surface area contributed by atoms with Crippen LogP contribution in [0.2, 0.25) is 0 Å². The molecule has 0 aliphatic carbocycles. The van der Waals surface area contributed by atoms with Gasteiger partial charge in [0.1, 0.15) is 5.82 Å². The van der Waals surface area contributed by atoms with E-state index in [2.05, 4.69) is 11.9 Å². The van der Waals surface area contributed by atoms with E-state index in [1.165, 1.54) is 44.2 Å². The summed E-state index contributed by atoms with van der Waals surface area (Å²) >= 11 is 0. The molecular formula is C16H24FN3. The molecule has 1 aliphatic heterocycles. The first-order valence-electron chi connectivity index (χ1n) is 7.57. The quantitative estimate of drug-likeness (QED) is 0.772. The zero-order chi connectivity index (χ0) is 14.4. The number of anilines is 1.